The first-order valence-electron chi connectivity index (χ1n) is 8.43. The Kier molecular flexibility index (Phi) is 5.75. The quantitative estimate of drug-likeness (QED) is 0.814. The molecule has 0 radical (unpaired) electrons. The Bertz CT molecular complexity index is 703. The van der Waals surface area contributed by atoms with E-state index in [-0.39, 0.29) is 12.3 Å². The van der Waals surface area contributed by atoms with Crippen molar-refractivity contribution in [1.82, 2.24) is 5.43 Å². The highest BCUT2D eigenvalue weighted by molar-refractivity contribution is 8.16. The molecule has 25 heavy (non-hydrogen) atoms. The van der Waals surface area contributed by atoms with Crippen molar-refractivity contribution in [3.63, 3.8) is 0 Å². The summed E-state index contributed by atoms with van der Waals surface area (Å²) in [5.41, 5.74) is 4.80. The van der Waals surface area contributed by atoms with Crippen LogP contribution in [0.25, 0.3) is 0 Å². The first-order valence-corrected chi connectivity index (χ1v) is 9.31. The van der Waals surface area contributed by atoms with Crippen molar-refractivity contribution < 1.29 is 14.7 Å². The summed E-state index contributed by atoms with van der Waals surface area (Å²) < 4.78 is 0. The maximum Gasteiger partial charge on any atom is 0.247 e. The third-order valence-corrected chi connectivity index (χ3v) is 5.27. The second kappa shape index (κ2) is 8.20. The monoisotopic (exact) mass is 358 g/mol. The number of hydrogen-bond donors (Lipinski definition) is 1. The molecule has 7 heteroatoms. The van der Waals surface area contributed by atoms with E-state index >= 15 is 0 Å². The second-order valence-electron chi connectivity index (χ2n) is 6.03. The van der Waals surface area contributed by atoms with Gasteiger partial charge in [0.1, 0.15) is 0 Å². The Morgan fingerprint density at radius 2 is 2.08 bits per heavy atom. The Balaban J connectivity index is 1.83. The minimum absolute atomic E-state index is 0.282. The Labute approximate surface area is 151 Å². The van der Waals surface area contributed by atoms with Crippen LogP contribution in [-0.4, -0.2) is 22.3 Å². The number of thioether (sulfide) groups is 1. The van der Waals surface area contributed by atoms with Crippen molar-refractivity contribution >= 4 is 34.5 Å². The first-order chi connectivity index (χ1) is 12.1. The molecule has 1 aromatic carbocycles. The van der Waals surface area contributed by atoms with Gasteiger partial charge in [-0.3, -0.25) is 15.1 Å². The first kappa shape index (κ1) is 17.5. The van der Waals surface area contributed by atoms with Crippen molar-refractivity contribution in [2.45, 2.75) is 43.8 Å². The minimum atomic E-state index is -1.24. The Hall–Kier alpha value is -2.28. The highest BCUT2D eigenvalue weighted by Gasteiger charge is 2.39. The molecule has 0 saturated carbocycles. The molecule has 132 valence electrons. The number of anilines is 1. The number of allylic oxidation sites excluding steroid dienone is 2. The summed E-state index contributed by atoms with van der Waals surface area (Å²) in [6, 6.07) is 9.14. The molecule has 1 amide bonds. The van der Waals surface area contributed by atoms with E-state index < -0.39 is 11.2 Å². The zero-order valence-corrected chi connectivity index (χ0v) is 14.6. The third-order valence-electron chi connectivity index (χ3n) is 4.14. The van der Waals surface area contributed by atoms with Gasteiger partial charge in [-0.1, -0.05) is 42.5 Å². The molecule has 6 nitrogen and oxygen atoms in total. The van der Waals surface area contributed by atoms with Crippen LogP contribution in [0.3, 0.4) is 0 Å². The summed E-state index contributed by atoms with van der Waals surface area (Å²) in [6.45, 7) is 0. The number of nitrogens with zero attached hydrogens (tertiary/aromatic N) is 2. The number of carboxylic acids is 1. The lowest BCUT2D eigenvalue weighted by molar-refractivity contribution is -0.305. The van der Waals surface area contributed by atoms with Gasteiger partial charge in [0.25, 0.3) is 0 Å². The van der Waals surface area contributed by atoms with Gasteiger partial charge in [-0.25, -0.2) is 0 Å². The van der Waals surface area contributed by atoms with E-state index in [1.54, 1.807) is 12.1 Å². The van der Waals surface area contributed by atoms with Crippen molar-refractivity contribution in [2.75, 3.05) is 4.90 Å². The fourth-order valence-corrected chi connectivity index (χ4v) is 3.96. The lowest BCUT2D eigenvalue weighted by atomic mass is 10.2. The number of hydrogen-bond acceptors (Lipinski definition) is 6. The normalized spacial score (nSPS) is 22.6. The molecule has 1 N–H and O–H groups in total. The van der Waals surface area contributed by atoms with Crippen LogP contribution < -0.4 is 15.4 Å². The molecule has 0 spiro atoms. The summed E-state index contributed by atoms with van der Waals surface area (Å²) in [4.78, 5) is 25.1. The summed E-state index contributed by atoms with van der Waals surface area (Å²) >= 11 is 1.16. The maximum atomic E-state index is 12.6. The van der Waals surface area contributed by atoms with Gasteiger partial charge in [-0.2, -0.15) is 0 Å². The number of hydrazone groups is 1. The zero-order valence-electron chi connectivity index (χ0n) is 13.8. The largest absolute Gasteiger partial charge is 0.550 e. The zero-order chi connectivity index (χ0) is 17.6. The van der Waals surface area contributed by atoms with E-state index in [4.69, 9.17) is 0 Å². The number of carboxylic acid groups (broad SMARTS) is 1. The number of benzene rings is 1. The summed E-state index contributed by atoms with van der Waals surface area (Å²) in [5, 5.41) is 15.1. The fraction of sp³-hybridized carbons (Fsp3) is 0.389. The molecule has 1 aromatic rings. The summed E-state index contributed by atoms with van der Waals surface area (Å²) in [7, 11) is 0. The number of aliphatic carboxylic acids is 1. The van der Waals surface area contributed by atoms with E-state index in [0.717, 1.165) is 36.7 Å². The van der Waals surface area contributed by atoms with Crippen molar-refractivity contribution in [2.24, 2.45) is 5.10 Å². The smallest absolute Gasteiger partial charge is 0.247 e. The fourth-order valence-electron chi connectivity index (χ4n) is 2.88. The molecule has 1 fully saturated rings. The third kappa shape index (κ3) is 4.42. The van der Waals surface area contributed by atoms with Gasteiger partial charge in [0.05, 0.1) is 10.9 Å². The number of para-hydroxylation sites is 1. The predicted molar refractivity (Wildman–Crippen MR) is 96.7 cm³/mol. The van der Waals surface area contributed by atoms with Crippen LogP contribution in [0.2, 0.25) is 0 Å². The molecule has 0 unspecified atom stereocenters. The molecule has 1 aliphatic carbocycles. The lowest BCUT2D eigenvalue weighted by Crippen LogP contribution is -2.35. The van der Waals surface area contributed by atoms with Crippen molar-refractivity contribution in [3.8, 4) is 0 Å². The van der Waals surface area contributed by atoms with E-state index in [0.29, 0.717) is 10.9 Å². The molecule has 1 saturated heterocycles. The lowest BCUT2D eigenvalue weighted by Gasteiger charge is -2.16. The molecule has 2 aliphatic rings. The molecular formula is C18H20N3O3S-. The van der Waals surface area contributed by atoms with E-state index in [1.165, 1.54) is 17.7 Å². The van der Waals surface area contributed by atoms with Gasteiger partial charge >= 0.3 is 0 Å². The van der Waals surface area contributed by atoms with Crippen molar-refractivity contribution in [1.29, 1.82) is 0 Å². The molecule has 1 aliphatic heterocycles. The van der Waals surface area contributed by atoms with Crippen LogP contribution in [-0.2, 0) is 9.59 Å². The maximum absolute atomic E-state index is 12.6. The molecule has 0 aromatic heterocycles. The van der Waals surface area contributed by atoms with Crippen LogP contribution >= 0.6 is 11.8 Å². The number of amides is 1. The summed E-state index contributed by atoms with van der Waals surface area (Å²) in [6.07, 6.45) is 7.27. The van der Waals surface area contributed by atoms with Crippen molar-refractivity contribution in [3.05, 3.63) is 42.1 Å². The van der Waals surface area contributed by atoms with E-state index in [9.17, 15) is 14.7 Å². The highest BCUT2D eigenvalue weighted by Crippen LogP contribution is 2.33. The number of nitrogens with one attached hydrogen (secondary N) is 1. The molecular weight excluding hydrogens is 338 g/mol. The molecule has 3 rings (SSSR count). The summed E-state index contributed by atoms with van der Waals surface area (Å²) in [5.74, 6) is -1.52. The number of amidine groups is 1. The van der Waals surface area contributed by atoms with Crippen LogP contribution in [0, 0.1) is 0 Å². The highest BCUT2D eigenvalue weighted by atomic mass is 32.2. The van der Waals surface area contributed by atoms with Gasteiger partial charge in [-0.15, -0.1) is 5.10 Å². The van der Waals surface area contributed by atoms with Crippen LogP contribution in [0.15, 0.2) is 47.2 Å². The van der Waals surface area contributed by atoms with E-state index in [1.807, 2.05) is 18.2 Å². The van der Waals surface area contributed by atoms with Gasteiger partial charge in [-0.05, 0) is 37.8 Å². The van der Waals surface area contributed by atoms with Crippen LogP contribution in [0.1, 0.15) is 38.5 Å². The van der Waals surface area contributed by atoms with Crippen LogP contribution in [0.4, 0.5) is 5.69 Å². The molecule has 0 bridgehead atoms. The Morgan fingerprint density at radius 1 is 1.28 bits per heavy atom. The predicted octanol–water partition coefficient (Wildman–Crippen LogP) is 1.98. The van der Waals surface area contributed by atoms with Gasteiger partial charge < -0.3 is 9.90 Å². The molecule has 1 heterocycles. The Morgan fingerprint density at radius 3 is 2.84 bits per heavy atom. The van der Waals surface area contributed by atoms with Gasteiger partial charge in [0, 0.05) is 18.1 Å². The molecule has 1 atom stereocenters. The SMILES string of the molecule is O=C([O-])C[C@@H]1S/C(=N\NC2=CCCCCC2)N(c2ccccc2)C1=O. The minimum Gasteiger partial charge on any atom is -0.550 e. The average molecular weight is 358 g/mol. The topological polar surface area (TPSA) is 84.8 Å². The second-order valence-corrected chi connectivity index (χ2v) is 7.20. The van der Waals surface area contributed by atoms with Crippen LogP contribution in [0.5, 0.6) is 0 Å². The average Bonchev–Trinajstić information content (AvgIpc) is 2.78. The number of rotatable bonds is 5. The number of carbonyl (C=O) groups is 2. The van der Waals surface area contributed by atoms with Gasteiger partial charge in [0.2, 0.25) is 5.91 Å². The van der Waals surface area contributed by atoms with E-state index in [2.05, 4.69) is 16.6 Å². The standard InChI is InChI=1S/C18H21N3O3S/c22-16(23)12-15-17(24)21(14-10-6-3-7-11-14)18(25-15)20-19-13-8-4-1-2-5-9-13/h3,6-8,10-11,15,19H,1-2,4-5,9,12H2,(H,22,23)/p-1/b20-18-/t15-/m0/s1. The number of carbonyl (C=O) groups excluding carboxylic acids is 2. The van der Waals surface area contributed by atoms with Gasteiger partial charge in [0.15, 0.2) is 5.17 Å².